The van der Waals surface area contributed by atoms with Crippen LogP contribution in [0.5, 0.6) is 0 Å². The summed E-state index contributed by atoms with van der Waals surface area (Å²) in [7, 11) is -4.03. The van der Waals surface area contributed by atoms with Crippen LogP contribution >= 0.6 is 11.6 Å². The molecule has 0 aliphatic rings. The van der Waals surface area contributed by atoms with E-state index in [9.17, 15) is 17.6 Å². The molecule has 0 heterocycles. The van der Waals surface area contributed by atoms with Crippen LogP contribution in [0.25, 0.3) is 0 Å². The highest BCUT2D eigenvalue weighted by Gasteiger charge is 2.28. The van der Waals surface area contributed by atoms with Crippen LogP contribution in [0.4, 0.5) is 4.39 Å². The molecule has 28 heavy (non-hydrogen) atoms. The number of amides is 1. The molecule has 1 amide bonds. The summed E-state index contributed by atoms with van der Waals surface area (Å²) in [4.78, 5) is 12.4. The molecule has 0 aliphatic carbocycles. The van der Waals surface area contributed by atoms with E-state index in [1.807, 2.05) is 13.8 Å². The van der Waals surface area contributed by atoms with Crippen molar-refractivity contribution in [2.75, 3.05) is 6.54 Å². The lowest BCUT2D eigenvalue weighted by Crippen LogP contribution is -2.43. The average molecular weight is 427 g/mol. The minimum absolute atomic E-state index is 0.0114. The number of benzene rings is 2. The molecule has 0 aromatic heterocycles. The first-order chi connectivity index (χ1) is 13.2. The van der Waals surface area contributed by atoms with E-state index in [0.29, 0.717) is 5.02 Å². The van der Waals surface area contributed by atoms with Crippen molar-refractivity contribution in [3.63, 3.8) is 0 Å². The van der Waals surface area contributed by atoms with E-state index in [0.717, 1.165) is 17.1 Å². The third-order valence-electron chi connectivity index (χ3n) is 4.20. The van der Waals surface area contributed by atoms with E-state index in [1.165, 1.54) is 42.5 Å². The molecule has 0 aliphatic heterocycles. The van der Waals surface area contributed by atoms with Gasteiger partial charge in [0.25, 0.3) is 0 Å². The monoisotopic (exact) mass is 426 g/mol. The lowest BCUT2D eigenvalue weighted by molar-refractivity contribution is -0.122. The van der Waals surface area contributed by atoms with Gasteiger partial charge in [0.2, 0.25) is 15.9 Å². The third-order valence-corrected chi connectivity index (χ3v) is 6.26. The quantitative estimate of drug-likeness (QED) is 0.659. The van der Waals surface area contributed by atoms with Gasteiger partial charge in [0.1, 0.15) is 5.82 Å². The highest BCUT2D eigenvalue weighted by molar-refractivity contribution is 7.89. The van der Waals surface area contributed by atoms with Gasteiger partial charge in [-0.2, -0.15) is 4.31 Å². The van der Waals surface area contributed by atoms with Crippen molar-refractivity contribution >= 4 is 27.5 Å². The van der Waals surface area contributed by atoms with Crippen molar-refractivity contribution < 1.29 is 17.6 Å². The summed E-state index contributed by atoms with van der Waals surface area (Å²) < 4.78 is 41.3. The summed E-state index contributed by atoms with van der Waals surface area (Å²) in [5.74, 6) is -0.964. The van der Waals surface area contributed by atoms with Gasteiger partial charge < -0.3 is 5.32 Å². The zero-order valence-corrected chi connectivity index (χ0v) is 17.4. The normalized spacial score (nSPS) is 12.8. The Balaban J connectivity index is 2.31. The summed E-state index contributed by atoms with van der Waals surface area (Å²) in [6.07, 6.45) is 1.67. The SMILES string of the molecule is CCC[C@H](C)NC(=O)CN(Cc1ccccc1F)S(=O)(=O)c1ccc(Cl)cc1. The van der Waals surface area contributed by atoms with Gasteiger partial charge >= 0.3 is 0 Å². The molecule has 2 aromatic rings. The number of nitrogens with one attached hydrogen (secondary N) is 1. The Labute approximate surface area is 170 Å². The molecule has 0 spiro atoms. The summed E-state index contributed by atoms with van der Waals surface area (Å²) in [5, 5.41) is 3.18. The number of rotatable bonds is 9. The van der Waals surface area contributed by atoms with Crippen LogP contribution in [-0.4, -0.2) is 31.2 Å². The minimum Gasteiger partial charge on any atom is -0.353 e. The van der Waals surface area contributed by atoms with E-state index in [4.69, 9.17) is 11.6 Å². The summed E-state index contributed by atoms with van der Waals surface area (Å²) in [5.41, 5.74) is 0.189. The van der Waals surface area contributed by atoms with Crippen LogP contribution in [0.2, 0.25) is 5.02 Å². The van der Waals surface area contributed by atoms with Crippen LogP contribution in [0.3, 0.4) is 0 Å². The van der Waals surface area contributed by atoms with E-state index < -0.39 is 28.3 Å². The van der Waals surface area contributed by atoms with Gasteiger partial charge in [-0.15, -0.1) is 0 Å². The van der Waals surface area contributed by atoms with Gasteiger partial charge in [-0.25, -0.2) is 12.8 Å². The van der Waals surface area contributed by atoms with Crippen LogP contribution in [0, 0.1) is 5.82 Å². The van der Waals surface area contributed by atoms with E-state index >= 15 is 0 Å². The predicted molar refractivity (Wildman–Crippen MR) is 108 cm³/mol. The maximum absolute atomic E-state index is 14.1. The van der Waals surface area contributed by atoms with E-state index in [-0.39, 0.29) is 23.0 Å². The van der Waals surface area contributed by atoms with Gasteiger partial charge in [0.05, 0.1) is 11.4 Å². The molecule has 0 saturated carbocycles. The molecule has 0 fully saturated rings. The third kappa shape index (κ3) is 6.02. The van der Waals surface area contributed by atoms with Crippen molar-refractivity contribution in [2.45, 2.75) is 44.2 Å². The smallest absolute Gasteiger partial charge is 0.243 e. The number of carbonyl (C=O) groups is 1. The van der Waals surface area contributed by atoms with Gasteiger partial charge in [-0.1, -0.05) is 43.1 Å². The highest BCUT2D eigenvalue weighted by atomic mass is 35.5. The summed E-state index contributed by atoms with van der Waals surface area (Å²) in [6, 6.07) is 11.5. The lowest BCUT2D eigenvalue weighted by atomic mass is 10.2. The second-order valence-electron chi connectivity index (χ2n) is 6.58. The molecule has 2 aromatic carbocycles. The molecule has 0 bridgehead atoms. The van der Waals surface area contributed by atoms with Crippen molar-refractivity contribution in [3.05, 3.63) is 64.9 Å². The van der Waals surface area contributed by atoms with Crippen LogP contribution in [0.15, 0.2) is 53.4 Å². The first kappa shape index (κ1) is 22.3. The van der Waals surface area contributed by atoms with Crippen LogP contribution < -0.4 is 5.32 Å². The zero-order valence-electron chi connectivity index (χ0n) is 15.9. The molecule has 8 heteroatoms. The highest BCUT2D eigenvalue weighted by Crippen LogP contribution is 2.21. The van der Waals surface area contributed by atoms with Crippen molar-refractivity contribution in [3.8, 4) is 0 Å². The van der Waals surface area contributed by atoms with Crippen molar-refractivity contribution in [1.82, 2.24) is 9.62 Å². The maximum Gasteiger partial charge on any atom is 0.243 e. The first-order valence-corrected chi connectivity index (χ1v) is 10.8. The van der Waals surface area contributed by atoms with Crippen LogP contribution in [-0.2, 0) is 21.4 Å². The first-order valence-electron chi connectivity index (χ1n) is 9.02. The van der Waals surface area contributed by atoms with Gasteiger partial charge in [-0.05, 0) is 43.7 Å². The Bertz CT molecular complexity index is 904. The fourth-order valence-electron chi connectivity index (χ4n) is 2.78. The molecule has 0 radical (unpaired) electrons. The molecule has 1 atom stereocenters. The second-order valence-corrected chi connectivity index (χ2v) is 8.95. The lowest BCUT2D eigenvalue weighted by Gasteiger charge is -2.23. The van der Waals surface area contributed by atoms with Crippen LogP contribution in [0.1, 0.15) is 32.3 Å². The molecule has 1 N–H and O–H groups in total. The molecule has 0 unspecified atom stereocenters. The standard InChI is InChI=1S/C20H24ClFN2O3S/c1-3-6-15(2)23-20(25)14-24(13-16-7-4-5-8-19(16)22)28(26,27)18-11-9-17(21)10-12-18/h4-5,7-12,15H,3,6,13-14H2,1-2H3,(H,23,25)/t15-/m0/s1. The molecular weight excluding hydrogens is 403 g/mol. The molecule has 0 saturated heterocycles. The van der Waals surface area contributed by atoms with E-state index in [1.54, 1.807) is 6.07 Å². The Morgan fingerprint density at radius 1 is 1.18 bits per heavy atom. The zero-order chi connectivity index (χ0) is 20.7. The number of hydrogen-bond donors (Lipinski definition) is 1. The second kappa shape index (κ2) is 10.0. The summed E-state index contributed by atoms with van der Waals surface area (Å²) >= 11 is 5.84. The van der Waals surface area contributed by atoms with E-state index in [2.05, 4.69) is 5.32 Å². The Kier molecular flexibility index (Phi) is 7.98. The largest absolute Gasteiger partial charge is 0.353 e. The average Bonchev–Trinajstić information content (AvgIpc) is 2.63. The Morgan fingerprint density at radius 3 is 2.43 bits per heavy atom. The van der Waals surface area contributed by atoms with Gasteiger partial charge in [0, 0.05) is 23.2 Å². The molecular formula is C20H24ClFN2O3S. The maximum atomic E-state index is 14.1. The summed E-state index contributed by atoms with van der Waals surface area (Å²) in [6.45, 7) is 3.19. The number of sulfonamides is 1. The van der Waals surface area contributed by atoms with Crippen molar-refractivity contribution in [1.29, 1.82) is 0 Å². The predicted octanol–water partition coefficient (Wildman–Crippen LogP) is 3.97. The number of nitrogens with zero attached hydrogens (tertiary/aromatic N) is 1. The molecule has 5 nitrogen and oxygen atoms in total. The fourth-order valence-corrected chi connectivity index (χ4v) is 4.28. The number of halogens is 2. The number of hydrogen-bond acceptors (Lipinski definition) is 3. The Hall–Kier alpha value is -1.96. The fraction of sp³-hybridized carbons (Fsp3) is 0.350. The minimum atomic E-state index is -4.03. The molecule has 2 rings (SSSR count). The van der Waals surface area contributed by atoms with Gasteiger partial charge in [-0.3, -0.25) is 4.79 Å². The van der Waals surface area contributed by atoms with Gasteiger partial charge in [0.15, 0.2) is 0 Å². The van der Waals surface area contributed by atoms with Crippen molar-refractivity contribution in [2.24, 2.45) is 0 Å². The topological polar surface area (TPSA) is 66.5 Å². The Morgan fingerprint density at radius 2 is 1.82 bits per heavy atom. The molecule has 152 valence electrons. The number of carbonyl (C=O) groups excluding carboxylic acids is 1.